The van der Waals surface area contributed by atoms with Crippen LogP contribution in [-0.4, -0.2) is 30.5 Å². The van der Waals surface area contributed by atoms with E-state index in [1.54, 1.807) is 12.2 Å². The van der Waals surface area contributed by atoms with Crippen molar-refractivity contribution in [3.05, 3.63) is 53.8 Å². The molecule has 2 aliphatic rings. The van der Waals surface area contributed by atoms with Crippen LogP contribution in [0.25, 0.3) is 0 Å². The van der Waals surface area contributed by atoms with Crippen LogP contribution in [-0.2, 0) is 15.5 Å². The predicted octanol–water partition coefficient (Wildman–Crippen LogP) is 5.08. The first-order valence-corrected chi connectivity index (χ1v) is 9.43. The third kappa shape index (κ3) is 4.54. The number of nitrogens with one attached hydrogen (secondary N) is 2. The van der Waals surface area contributed by atoms with E-state index in [4.69, 9.17) is 9.31 Å². The fourth-order valence-electron chi connectivity index (χ4n) is 3.11. The van der Waals surface area contributed by atoms with Crippen LogP contribution in [0, 0.1) is 0 Å². The van der Waals surface area contributed by atoms with Crippen molar-refractivity contribution in [3.8, 4) is 0 Å². The first-order valence-electron chi connectivity index (χ1n) is 9.43. The van der Waals surface area contributed by atoms with E-state index >= 15 is 4.39 Å². The molecule has 1 aromatic carbocycles. The van der Waals surface area contributed by atoms with Gasteiger partial charge in [-0.3, -0.25) is 0 Å². The zero-order valence-electron chi connectivity index (χ0n) is 17.0. The van der Waals surface area contributed by atoms with Crippen LogP contribution >= 0.6 is 0 Å². The highest BCUT2D eigenvalue weighted by Gasteiger charge is 2.55. The summed E-state index contributed by atoms with van der Waals surface area (Å²) in [6, 6.07) is 3.18. The molecule has 1 fully saturated rings. The van der Waals surface area contributed by atoms with Crippen molar-refractivity contribution in [1.82, 2.24) is 5.32 Å². The number of rotatable bonds is 3. The standard InChI is InChI=1S/C20H23BF4N2O3/c1-18(2)19(3,4)30-21(29-18)14-6-5-7-15(16(14)22)27-17(28)26-13-10-8-12(9-11-13)20(23,24)25/h5-11,14,16H,1-4H3,(H2,26,27,28). The van der Waals surface area contributed by atoms with Crippen LogP contribution < -0.4 is 10.6 Å². The Hall–Kier alpha value is -2.33. The molecular weight excluding hydrogens is 403 g/mol. The topological polar surface area (TPSA) is 59.6 Å². The van der Waals surface area contributed by atoms with Crippen molar-refractivity contribution in [2.75, 3.05) is 5.32 Å². The molecule has 2 atom stereocenters. The van der Waals surface area contributed by atoms with Crippen molar-refractivity contribution < 1.29 is 31.7 Å². The van der Waals surface area contributed by atoms with E-state index in [2.05, 4.69) is 10.6 Å². The summed E-state index contributed by atoms with van der Waals surface area (Å²) in [5, 5.41) is 4.80. The van der Waals surface area contributed by atoms with E-state index in [1.165, 1.54) is 6.08 Å². The molecule has 1 saturated heterocycles. The zero-order chi connectivity index (χ0) is 22.3. The molecule has 2 N–H and O–H groups in total. The van der Waals surface area contributed by atoms with Gasteiger partial charge in [0.15, 0.2) is 0 Å². The number of carbonyl (C=O) groups excluding carboxylic acids is 1. The molecule has 162 valence electrons. The van der Waals surface area contributed by atoms with Gasteiger partial charge in [0.1, 0.15) is 6.17 Å². The minimum atomic E-state index is -4.47. The Labute approximate surface area is 172 Å². The van der Waals surface area contributed by atoms with E-state index in [0.29, 0.717) is 0 Å². The van der Waals surface area contributed by atoms with Crippen LogP contribution in [0.5, 0.6) is 0 Å². The summed E-state index contributed by atoms with van der Waals surface area (Å²) in [5.74, 6) is -0.766. The quantitative estimate of drug-likeness (QED) is 0.524. The number of carbonyl (C=O) groups is 1. The normalized spacial score (nSPS) is 25.1. The first-order chi connectivity index (χ1) is 13.8. The lowest BCUT2D eigenvalue weighted by Gasteiger charge is -2.32. The molecular formula is C20H23BF4N2O3. The smallest absolute Gasteiger partial charge is 0.403 e. The fourth-order valence-corrected chi connectivity index (χ4v) is 3.11. The van der Waals surface area contributed by atoms with Gasteiger partial charge in [-0.05, 0) is 58.0 Å². The molecule has 30 heavy (non-hydrogen) atoms. The molecule has 1 aliphatic heterocycles. The maximum atomic E-state index is 15.1. The molecule has 0 spiro atoms. The zero-order valence-corrected chi connectivity index (χ0v) is 17.0. The molecule has 0 aromatic heterocycles. The Bertz CT molecular complexity index is 850. The average molecular weight is 426 g/mol. The van der Waals surface area contributed by atoms with Gasteiger partial charge in [-0.15, -0.1) is 0 Å². The highest BCUT2D eigenvalue weighted by molar-refractivity contribution is 6.48. The number of hydrogen-bond acceptors (Lipinski definition) is 3. The van der Waals surface area contributed by atoms with Crippen molar-refractivity contribution in [2.24, 2.45) is 0 Å². The third-order valence-electron chi connectivity index (χ3n) is 5.56. The van der Waals surface area contributed by atoms with Crippen LogP contribution in [0.4, 0.5) is 28.0 Å². The molecule has 1 heterocycles. The molecule has 3 rings (SSSR count). The number of allylic oxidation sites excluding steroid dienone is 4. The molecule has 0 radical (unpaired) electrons. The van der Waals surface area contributed by atoms with Gasteiger partial charge in [0.2, 0.25) is 0 Å². The van der Waals surface area contributed by atoms with E-state index < -0.39 is 48.1 Å². The SMILES string of the molecule is CC1(C)OB(C2C=CC=C(NC(=O)Nc3ccc(C(F)(F)F)cc3)C2F)OC1(C)C. The summed E-state index contributed by atoms with van der Waals surface area (Å²) >= 11 is 0. The van der Waals surface area contributed by atoms with Crippen LogP contribution in [0.1, 0.15) is 33.3 Å². The highest BCUT2D eigenvalue weighted by Crippen LogP contribution is 2.43. The van der Waals surface area contributed by atoms with Gasteiger partial charge < -0.3 is 19.9 Å². The van der Waals surface area contributed by atoms with E-state index in [1.807, 2.05) is 27.7 Å². The van der Waals surface area contributed by atoms with Gasteiger partial charge >= 0.3 is 19.3 Å². The Morgan fingerprint density at radius 2 is 1.60 bits per heavy atom. The Balaban J connectivity index is 1.62. The van der Waals surface area contributed by atoms with Gasteiger partial charge in [0, 0.05) is 11.5 Å². The minimum absolute atomic E-state index is 0.00150. The molecule has 2 unspecified atom stereocenters. The Kier molecular flexibility index (Phi) is 5.77. The lowest BCUT2D eigenvalue weighted by Crippen LogP contribution is -2.41. The van der Waals surface area contributed by atoms with Crippen LogP contribution in [0.3, 0.4) is 0 Å². The molecule has 1 aromatic rings. The number of halogens is 4. The van der Waals surface area contributed by atoms with Crippen LogP contribution in [0.15, 0.2) is 48.2 Å². The summed E-state index contributed by atoms with van der Waals surface area (Å²) in [6.45, 7) is 7.44. The largest absolute Gasteiger partial charge is 0.468 e. The van der Waals surface area contributed by atoms with Gasteiger partial charge in [-0.1, -0.05) is 12.2 Å². The summed E-state index contributed by atoms with van der Waals surface area (Å²) in [6.07, 6.45) is -1.43. The second-order valence-corrected chi connectivity index (χ2v) is 8.26. The Morgan fingerprint density at radius 3 is 2.13 bits per heavy atom. The summed E-state index contributed by atoms with van der Waals surface area (Å²) in [4.78, 5) is 12.2. The van der Waals surface area contributed by atoms with Gasteiger partial charge in [-0.2, -0.15) is 13.2 Å². The second kappa shape index (κ2) is 7.74. The van der Waals surface area contributed by atoms with Crippen LogP contribution in [0.2, 0.25) is 5.82 Å². The van der Waals surface area contributed by atoms with E-state index in [-0.39, 0.29) is 11.4 Å². The molecule has 1 aliphatic carbocycles. The molecule has 10 heteroatoms. The number of benzene rings is 1. The number of alkyl halides is 4. The number of anilines is 1. The van der Waals surface area contributed by atoms with Gasteiger partial charge in [0.25, 0.3) is 0 Å². The molecule has 2 amide bonds. The number of urea groups is 1. The lowest BCUT2D eigenvalue weighted by atomic mass is 9.67. The van der Waals surface area contributed by atoms with Gasteiger partial charge in [-0.25, -0.2) is 9.18 Å². The van der Waals surface area contributed by atoms with Crippen molar-refractivity contribution in [1.29, 1.82) is 0 Å². The van der Waals surface area contributed by atoms with Crippen molar-refractivity contribution in [2.45, 2.75) is 57.1 Å². The molecule has 5 nitrogen and oxygen atoms in total. The molecule has 0 bridgehead atoms. The summed E-state index contributed by atoms with van der Waals surface area (Å²) < 4.78 is 64.8. The van der Waals surface area contributed by atoms with Crippen molar-refractivity contribution in [3.63, 3.8) is 0 Å². The van der Waals surface area contributed by atoms with E-state index in [0.717, 1.165) is 24.3 Å². The Morgan fingerprint density at radius 1 is 1.03 bits per heavy atom. The maximum absolute atomic E-state index is 15.1. The highest BCUT2D eigenvalue weighted by atomic mass is 19.4. The average Bonchev–Trinajstić information content (AvgIpc) is 2.84. The lowest BCUT2D eigenvalue weighted by molar-refractivity contribution is -0.137. The first kappa shape index (κ1) is 22.4. The van der Waals surface area contributed by atoms with E-state index in [9.17, 15) is 18.0 Å². The second-order valence-electron chi connectivity index (χ2n) is 8.26. The summed E-state index contributed by atoms with van der Waals surface area (Å²) in [5.41, 5.74) is -1.94. The minimum Gasteiger partial charge on any atom is -0.403 e. The monoisotopic (exact) mass is 426 g/mol. The maximum Gasteiger partial charge on any atom is 0.468 e. The predicted molar refractivity (Wildman–Crippen MR) is 106 cm³/mol. The number of amides is 2. The van der Waals surface area contributed by atoms with Gasteiger partial charge in [0.05, 0.1) is 22.5 Å². The fraction of sp³-hybridized carbons (Fsp3) is 0.450. The number of hydrogen-bond donors (Lipinski definition) is 2. The van der Waals surface area contributed by atoms with Crippen molar-refractivity contribution >= 4 is 18.8 Å². The third-order valence-corrected chi connectivity index (χ3v) is 5.56. The molecule has 0 saturated carbocycles. The summed E-state index contributed by atoms with van der Waals surface area (Å²) in [7, 11) is -0.829.